The van der Waals surface area contributed by atoms with Crippen molar-refractivity contribution < 1.29 is 4.74 Å². The summed E-state index contributed by atoms with van der Waals surface area (Å²) in [5.41, 5.74) is 2.01. The van der Waals surface area contributed by atoms with Gasteiger partial charge >= 0.3 is 0 Å². The molecule has 3 rings (SSSR count). The summed E-state index contributed by atoms with van der Waals surface area (Å²) >= 11 is 0. The predicted octanol–water partition coefficient (Wildman–Crippen LogP) is 3.52. The van der Waals surface area contributed by atoms with E-state index < -0.39 is 0 Å². The number of hydrogen-bond acceptors (Lipinski definition) is 2. The lowest BCUT2D eigenvalue weighted by atomic mass is 10.2. The minimum absolute atomic E-state index is 0.561. The Hall–Kier alpha value is -2.03. The molecule has 0 unspecified atom stereocenters. The van der Waals surface area contributed by atoms with E-state index in [1.54, 1.807) is 6.08 Å². The van der Waals surface area contributed by atoms with Crippen molar-refractivity contribution in [2.45, 2.75) is 25.4 Å². The molecule has 0 N–H and O–H groups in total. The van der Waals surface area contributed by atoms with Crippen molar-refractivity contribution in [2.75, 3.05) is 0 Å². The summed E-state index contributed by atoms with van der Waals surface area (Å²) in [7, 11) is 2.02. The summed E-state index contributed by atoms with van der Waals surface area (Å²) in [4.78, 5) is 4.62. The molecule has 1 heterocycles. The number of hydrogen-bond donors (Lipinski definition) is 0. The highest BCUT2D eigenvalue weighted by Gasteiger charge is 2.30. The molecule has 0 spiro atoms. The fourth-order valence-corrected chi connectivity index (χ4v) is 2.26. The summed E-state index contributed by atoms with van der Waals surface area (Å²) in [5, 5.41) is 0. The van der Waals surface area contributed by atoms with E-state index in [0.717, 1.165) is 23.0 Å². The fraction of sp³-hybridized carbons (Fsp3) is 0.312. The second kappa shape index (κ2) is 4.92. The van der Waals surface area contributed by atoms with Crippen LogP contribution in [0, 0.1) is 0 Å². The van der Waals surface area contributed by atoms with Crippen molar-refractivity contribution in [1.82, 2.24) is 9.55 Å². The normalized spacial score (nSPS) is 14.4. The maximum Gasteiger partial charge on any atom is 0.221 e. The van der Waals surface area contributed by atoms with Gasteiger partial charge < -0.3 is 9.30 Å². The lowest BCUT2D eigenvalue weighted by molar-refractivity contribution is 0.282. The van der Waals surface area contributed by atoms with Crippen LogP contribution in [-0.2, 0) is 13.7 Å². The van der Waals surface area contributed by atoms with Gasteiger partial charge in [0.15, 0.2) is 0 Å². The lowest BCUT2D eigenvalue weighted by Crippen LogP contribution is -2.02. The highest BCUT2D eigenvalue weighted by Crippen LogP contribution is 2.41. The van der Waals surface area contributed by atoms with Crippen molar-refractivity contribution in [3.63, 3.8) is 0 Å². The topological polar surface area (TPSA) is 27.1 Å². The maximum absolute atomic E-state index is 5.93. The largest absolute Gasteiger partial charge is 0.472 e. The van der Waals surface area contributed by atoms with Gasteiger partial charge in [-0.25, -0.2) is 4.98 Å². The van der Waals surface area contributed by atoms with Gasteiger partial charge in [0.05, 0.1) is 0 Å². The quantitative estimate of drug-likeness (QED) is 0.816. The van der Waals surface area contributed by atoms with Crippen molar-refractivity contribution in [1.29, 1.82) is 0 Å². The molecule has 0 radical (unpaired) electrons. The molecule has 0 atom stereocenters. The first-order chi connectivity index (χ1) is 9.29. The number of aromatic nitrogens is 2. The summed E-state index contributed by atoms with van der Waals surface area (Å²) in [6.45, 7) is 4.39. The zero-order valence-corrected chi connectivity index (χ0v) is 11.2. The number of ether oxygens (including phenoxy) is 1. The van der Waals surface area contributed by atoms with Crippen LogP contribution in [0.5, 0.6) is 5.88 Å². The Bertz CT molecular complexity index is 582. The number of imidazole rings is 1. The molecule has 0 amide bonds. The zero-order valence-electron chi connectivity index (χ0n) is 11.2. The van der Waals surface area contributed by atoms with Crippen LogP contribution >= 0.6 is 0 Å². The Morgan fingerprint density at radius 2 is 2.11 bits per heavy atom. The van der Waals surface area contributed by atoms with Gasteiger partial charge in [-0.2, -0.15) is 0 Å². The minimum Gasteiger partial charge on any atom is -0.472 e. The second-order valence-electron chi connectivity index (χ2n) is 4.97. The molecular weight excluding hydrogens is 236 g/mol. The van der Waals surface area contributed by atoms with Crippen LogP contribution in [0.1, 0.15) is 35.8 Å². The molecule has 1 aromatic carbocycles. The van der Waals surface area contributed by atoms with Crippen LogP contribution in [0.15, 0.2) is 36.9 Å². The average molecular weight is 254 g/mol. The van der Waals surface area contributed by atoms with Crippen molar-refractivity contribution in [3.05, 3.63) is 54.0 Å². The Balaban J connectivity index is 1.81. The van der Waals surface area contributed by atoms with Gasteiger partial charge in [0.1, 0.15) is 18.1 Å². The second-order valence-corrected chi connectivity index (χ2v) is 4.97. The molecule has 1 saturated carbocycles. The molecule has 1 aliphatic carbocycles. The lowest BCUT2D eigenvalue weighted by Gasteiger charge is -2.08. The molecule has 98 valence electrons. The third kappa shape index (κ3) is 2.41. The van der Waals surface area contributed by atoms with Gasteiger partial charge in [0, 0.05) is 13.0 Å². The number of benzene rings is 1. The molecule has 0 bridgehead atoms. The SMILES string of the molecule is C=Cc1nc(C2CC2)n(C)c1OCc1ccccc1. The van der Waals surface area contributed by atoms with Crippen molar-refractivity contribution in [2.24, 2.45) is 7.05 Å². The van der Waals surface area contributed by atoms with Crippen LogP contribution in [-0.4, -0.2) is 9.55 Å². The summed E-state index contributed by atoms with van der Waals surface area (Å²) in [5.74, 6) is 2.55. The molecular formula is C16H18N2O. The van der Waals surface area contributed by atoms with Gasteiger partial charge in [0.2, 0.25) is 5.88 Å². The minimum atomic E-state index is 0.561. The van der Waals surface area contributed by atoms with Gasteiger partial charge in [-0.15, -0.1) is 0 Å². The summed E-state index contributed by atoms with van der Waals surface area (Å²) in [6, 6.07) is 10.2. The van der Waals surface area contributed by atoms with Crippen molar-refractivity contribution in [3.8, 4) is 5.88 Å². The summed E-state index contributed by atoms with van der Waals surface area (Å²) in [6.07, 6.45) is 4.24. The molecule has 1 aliphatic rings. The maximum atomic E-state index is 5.93. The van der Waals surface area contributed by atoms with E-state index >= 15 is 0 Å². The zero-order chi connectivity index (χ0) is 13.2. The van der Waals surface area contributed by atoms with Crippen LogP contribution in [0.4, 0.5) is 0 Å². The molecule has 0 saturated heterocycles. The number of rotatable bonds is 5. The Morgan fingerprint density at radius 3 is 2.74 bits per heavy atom. The van der Waals surface area contributed by atoms with E-state index in [0.29, 0.717) is 12.5 Å². The molecule has 1 aromatic heterocycles. The standard InChI is InChI=1S/C16H18N2O/c1-3-14-16(18(2)15(17-14)13-9-10-13)19-11-12-7-5-4-6-8-12/h3-8,13H,1,9-11H2,2H3. The van der Waals surface area contributed by atoms with Crippen LogP contribution in [0.2, 0.25) is 0 Å². The molecule has 3 nitrogen and oxygen atoms in total. The van der Waals surface area contributed by atoms with Crippen molar-refractivity contribution >= 4 is 6.08 Å². The molecule has 0 aliphatic heterocycles. The highest BCUT2D eigenvalue weighted by atomic mass is 16.5. The average Bonchev–Trinajstić information content (AvgIpc) is 3.23. The van der Waals surface area contributed by atoms with E-state index in [-0.39, 0.29) is 0 Å². The summed E-state index contributed by atoms with van der Waals surface area (Å²) < 4.78 is 8.00. The first kappa shape index (κ1) is 12.0. The van der Waals surface area contributed by atoms with Gasteiger partial charge in [-0.05, 0) is 24.5 Å². The third-order valence-corrected chi connectivity index (χ3v) is 3.46. The smallest absolute Gasteiger partial charge is 0.221 e. The van der Waals surface area contributed by atoms with Gasteiger partial charge in [-0.1, -0.05) is 36.9 Å². The first-order valence-corrected chi connectivity index (χ1v) is 6.65. The molecule has 19 heavy (non-hydrogen) atoms. The Morgan fingerprint density at radius 1 is 1.37 bits per heavy atom. The highest BCUT2D eigenvalue weighted by molar-refractivity contribution is 5.50. The van der Waals surface area contributed by atoms with E-state index in [9.17, 15) is 0 Å². The number of nitrogens with zero attached hydrogens (tertiary/aromatic N) is 2. The molecule has 3 heteroatoms. The van der Waals surface area contributed by atoms with E-state index in [2.05, 4.69) is 28.3 Å². The Labute approximate surface area is 113 Å². The Kier molecular flexibility index (Phi) is 3.11. The van der Waals surface area contributed by atoms with E-state index in [1.807, 2.05) is 25.2 Å². The molecule has 1 fully saturated rings. The van der Waals surface area contributed by atoms with Gasteiger partial charge in [-0.3, -0.25) is 0 Å². The predicted molar refractivity (Wildman–Crippen MR) is 76.0 cm³/mol. The fourth-order valence-electron chi connectivity index (χ4n) is 2.26. The van der Waals surface area contributed by atoms with Gasteiger partial charge in [0.25, 0.3) is 0 Å². The van der Waals surface area contributed by atoms with Crippen LogP contribution in [0.25, 0.3) is 6.08 Å². The van der Waals surface area contributed by atoms with E-state index in [4.69, 9.17) is 4.74 Å². The van der Waals surface area contributed by atoms with E-state index in [1.165, 1.54) is 12.8 Å². The third-order valence-electron chi connectivity index (χ3n) is 3.46. The van der Waals surface area contributed by atoms with Crippen LogP contribution < -0.4 is 4.74 Å². The monoisotopic (exact) mass is 254 g/mol. The van der Waals surface area contributed by atoms with Crippen LogP contribution in [0.3, 0.4) is 0 Å². The first-order valence-electron chi connectivity index (χ1n) is 6.65. The molecule has 2 aromatic rings.